The number of likely N-dealkylation sites (N-methyl/N-ethyl adjacent to an activating group) is 1. The van der Waals surface area contributed by atoms with Crippen LogP contribution in [0.25, 0.3) is 0 Å². The van der Waals surface area contributed by atoms with Crippen LogP contribution in [0.5, 0.6) is 0 Å². The summed E-state index contributed by atoms with van der Waals surface area (Å²) in [7, 11) is 3.73. The fourth-order valence-electron chi connectivity index (χ4n) is 2.65. The summed E-state index contributed by atoms with van der Waals surface area (Å²) < 4.78 is 11.1. The van der Waals surface area contributed by atoms with Gasteiger partial charge in [0.1, 0.15) is 0 Å². The third-order valence-electron chi connectivity index (χ3n) is 3.79. The van der Waals surface area contributed by atoms with Crippen molar-refractivity contribution in [3.8, 4) is 0 Å². The van der Waals surface area contributed by atoms with Crippen LogP contribution in [0, 0.1) is 5.92 Å². The number of hydrogen-bond acceptors (Lipinski definition) is 3. The van der Waals surface area contributed by atoms with Gasteiger partial charge in [-0.1, -0.05) is 13.3 Å². The van der Waals surface area contributed by atoms with E-state index in [1.165, 1.54) is 32.1 Å². The van der Waals surface area contributed by atoms with E-state index in [1.54, 1.807) is 7.11 Å². The maximum Gasteiger partial charge on any atom is 0.0807 e. The van der Waals surface area contributed by atoms with Gasteiger partial charge >= 0.3 is 0 Å². The molecule has 1 saturated carbocycles. The normalized spacial score (nSPS) is 30.6. The SMILES string of the molecule is CCC1CCC(CNC)(OCCOC)CC1. The van der Waals surface area contributed by atoms with Crippen molar-refractivity contribution in [2.45, 2.75) is 44.6 Å². The van der Waals surface area contributed by atoms with Crippen LogP contribution in [0.3, 0.4) is 0 Å². The summed E-state index contributed by atoms with van der Waals surface area (Å²) in [5.74, 6) is 0.913. The molecule has 1 aliphatic carbocycles. The van der Waals surface area contributed by atoms with Crippen LogP contribution in [-0.4, -0.2) is 39.5 Å². The zero-order valence-corrected chi connectivity index (χ0v) is 11.1. The van der Waals surface area contributed by atoms with Crippen LogP contribution in [0.4, 0.5) is 0 Å². The van der Waals surface area contributed by atoms with Crippen molar-refractivity contribution in [2.24, 2.45) is 5.92 Å². The Labute approximate surface area is 99.9 Å². The monoisotopic (exact) mass is 229 g/mol. The van der Waals surface area contributed by atoms with Crippen LogP contribution >= 0.6 is 0 Å². The average Bonchev–Trinajstić information content (AvgIpc) is 2.31. The fraction of sp³-hybridized carbons (Fsp3) is 1.00. The van der Waals surface area contributed by atoms with E-state index < -0.39 is 0 Å². The molecule has 1 rings (SSSR count). The molecule has 0 aromatic carbocycles. The molecule has 0 aromatic heterocycles. The van der Waals surface area contributed by atoms with E-state index >= 15 is 0 Å². The summed E-state index contributed by atoms with van der Waals surface area (Å²) in [6, 6.07) is 0. The molecule has 0 spiro atoms. The van der Waals surface area contributed by atoms with E-state index in [4.69, 9.17) is 9.47 Å². The second kappa shape index (κ2) is 7.25. The molecule has 3 heteroatoms. The van der Waals surface area contributed by atoms with E-state index in [0.717, 1.165) is 19.1 Å². The summed E-state index contributed by atoms with van der Waals surface area (Å²) in [5, 5.41) is 3.27. The Hall–Kier alpha value is -0.120. The molecule has 1 N–H and O–H groups in total. The van der Waals surface area contributed by atoms with Crippen molar-refractivity contribution >= 4 is 0 Å². The van der Waals surface area contributed by atoms with Gasteiger partial charge in [-0.25, -0.2) is 0 Å². The lowest BCUT2D eigenvalue weighted by atomic mass is 9.77. The third-order valence-corrected chi connectivity index (χ3v) is 3.79. The third kappa shape index (κ3) is 4.04. The number of hydrogen-bond donors (Lipinski definition) is 1. The summed E-state index contributed by atoms with van der Waals surface area (Å²) in [6.07, 6.45) is 6.32. The Bertz CT molecular complexity index is 171. The molecule has 16 heavy (non-hydrogen) atoms. The van der Waals surface area contributed by atoms with Gasteiger partial charge in [0.25, 0.3) is 0 Å². The minimum absolute atomic E-state index is 0.0684. The molecular formula is C13H27NO2. The van der Waals surface area contributed by atoms with Crippen molar-refractivity contribution < 1.29 is 9.47 Å². The van der Waals surface area contributed by atoms with Gasteiger partial charge in [0.2, 0.25) is 0 Å². The topological polar surface area (TPSA) is 30.5 Å². The zero-order chi connectivity index (χ0) is 11.9. The predicted octanol–water partition coefficient (Wildman–Crippen LogP) is 2.21. The molecule has 0 heterocycles. The Morgan fingerprint density at radius 2 is 1.94 bits per heavy atom. The molecule has 3 nitrogen and oxygen atoms in total. The first-order valence-electron chi connectivity index (χ1n) is 6.54. The fourth-order valence-corrected chi connectivity index (χ4v) is 2.65. The highest BCUT2D eigenvalue weighted by atomic mass is 16.5. The Morgan fingerprint density at radius 1 is 1.25 bits per heavy atom. The van der Waals surface area contributed by atoms with Crippen molar-refractivity contribution in [1.82, 2.24) is 5.32 Å². The van der Waals surface area contributed by atoms with Gasteiger partial charge < -0.3 is 14.8 Å². The molecule has 0 bridgehead atoms. The number of rotatable bonds is 7. The van der Waals surface area contributed by atoms with E-state index in [1.807, 2.05) is 7.05 Å². The van der Waals surface area contributed by atoms with Crippen molar-refractivity contribution in [3.63, 3.8) is 0 Å². The van der Waals surface area contributed by atoms with E-state index in [0.29, 0.717) is 6.61 Å². The summed E-state index contributed by atoms with van der Waals surface area (Å²) in [6.45, 7) is 4.67. The summed E-state index contributed by atoms with van der Waals surface area (Å²) >= 11 is 0. The Balaban J connectivity index is 2.40. The number of ether oxygens (including phenoxy) is 2. The first-order valence-corrected chi connectivity index (χ1v) is 6.54. The first-order chi connectivity index (χ1) is 7.76. The second-order valence-corrected chi connectivity index (χ2v) is 4.91. The van der Waals surface area contributed by atoms with Crippen LogP contribution in [0.1, 0.15) is 39.0 Å². The molecule has 0 aliphatic heterocycles. The van der Waals surface area contributed by atoms with Gasteiger partial charge in [-0.15, -0.1) is 0 Å². The quantitative estimate of drug-likeness (QED) is 0.679. The van der Waals surface area contributed by atoms with E-state index in [9.17, 15) is 0 Å². The maximum atomic E-state index is 6.06. The Kier molecular flexibility index (Phi) is 6.32. The number of methoxy groups -OCH3 is 1. The summed E-state index contributed by atoms with van der Waals surface area (Å²) in [5.41, 5.74) is 0.0684. The van der Waals surface area contributed by atoms with Crippen LogP contribution in [0.2, 0.25) is 0 Å². The molecule has 1 aliphatic rings. The molecule has 0 unspecified atom stereocenters. The van der Waals surface area contributed by atoms with Gasteiger partial charge in [-0.3, -0.25) is 0 Å². The zero-order valence-electron chi connectivity index (χ0n) is 11.1. The standard InChI is InChI=1S/C13H27NO2/c1-4-12-5-7-13(8-6-12,11-14-2)16-10-9-15-3/h12,14H,4-11H2,1-3H3. The minimum atomic E-state index is 0.0684. The average molecular weight is 229 g/mol. The summed E-state index contributed by atoms with van der Waals surface area (Å²) in [4.78, 5) is 0. The lowest BCUT2D eigenvalue weighted by Crippen LogP contribution is -2.45. The lowest BCUT2D eigenvalue weighted by Gasteiger charge is -2.40. The maximum absolute atomic E-state index is 6.06. The van der Waals surface area contributed by atoms with Crippen LogP contribution in [-0.2, 0) is 9.47 Å². The Morgan fingerprint density at radius 3 is 2.44 bits per heavy atom. The molecule has 1 fully saturated rings. The molecule has 0 radical (unpaired) electrons. The van der Waals surface area contributed by atoms with E-state index in [2.05, 4.69) is 12.2 Å². The smallest absolute Gasteiger partial charge is 0.0807 e. The number of nitrogens with one attached hydrogen (secondary N) is 1. The van der Waals surface area contributed by atoms with Crippen LogP contribution in [0.15, 0.2) is 0 Å². The van der Waals surface area contributed by atoms with E-state index in [-0.39, 0.29) is 5.60 Å². The molecule has 0 atom stereocenters. The van der Waals surface area contributed by atoms with Gasteiger partial charge in [0.15, 0.2) is 0 Å². The molecule has 96 valence electrons. The predicted molar refractivity (Wildman–Crippen MR) is 66.7 cm³/mol. The highest BCUT2D eigenvalue weighted by Gasteiger charge is 2.34. The molecular weight excluding hydrogens is 202 g/mol. The molecule has 0 saturated heterocycles. The minimum Gasteiger partial charge on any atom is -0.382 e. The van der Waals surface area contributed by atoms with Gasteiger partial charge in [-0.2, -0.15) is 0 Å². The first kappa shape index (κ1) is 13.9. The molecule has 0 amide bonds. The lowest BCUT2D eigenvalue weighted by molar-refractivity contribution is -0.0884. The largest absolute Gasteiger partial charge is 0.382 e. The van der Waals surface area contributed by atoms with Gasteiger partial charge in [0.05, 0.1) is 18.8 Å². The highest BCUT2D eigenvalue weighted by Crippen LogP contribution is 2.35. The van der Waals surface area contributed by atoms with Crippen molar-refractivity contribution in [2.75, 3.05) is 33.9 Å². The highest BCUT2D eigenvalue weighted by molar-refractivity contribution is 4.88. The second-order valence-electron chi connectivity index (χ2n) is 4.91. The van der Waals surface area contributed by atoms with Gasteiger partial charge in [0, 0.05) is 13.7 Å². The van der Waals surface area contributed by atoms with Crippen molar-refractivity contribution in [1.29, 1.82) is 0 Å². The van der Waals surface area contributed by atoms with Crippen LogP contribution < -0.4 is 5.32 Å². The molecule has 0 aromatic rings. The van der Waals surface area contributed by atoms with Gasteiger partial charge in [-0.05, 0) is 38.6 Å². The van der Waals surface area contributed by atoms with Crippen molar-refractivity contribution in [3.05, 3.63) is 0 Å².